The van der Waals surface area contributed by atoms with Gasteiger partial charge in [-0.3, -0.25) is 4.79 Å². The summed E-state index contributed by atoms with van der Waals surface area (Å²) in [7, 11) is 0. The summed E-state index contributed by atoms with van der Waals surface area (Å²) in [5.74, 6) is -2.05. The van der Waals surface area contributed by atoms with Crippen LogP contribution in [0.4, 0.5) is 8.78 Å². The SMILES string of the molecule is NC(CC(=O)O)c1ncc(-c2cc(F)ccc2F)[nH]1. The van der Waals surface area contributed by atoms with Crippen LogP contribution in [0.2, 0.25) is 0 Å². The Morgan fingerprint density at radius 2 is 2.21 bits per heavy atom. The van der Waals surface area contributed by atoms with Crippen LogP contribution in [0.1, 0.15) is 18.3 Å². The Morgan fingerprint density at radius 3 is 2.89 bits per heavy atom. The lowest BCUT2D eigenvalue weighted by Crippen LogP contribution is -2.16. The number of nitrogens with one attached hydrogen (secondary N) is 1. The van der Waals surface area contributed by atoms with Gasteiger partial charge in [0.15, 0.2) is 0 Å². The number of benzene rings is 1. The van der Waals surface area contributed by atoms with E-state index in [0.29, 0.717) is 0 Å². The average Bonchev–Trinajstić information content (AvgIpc) is 2.80. The van der Waals surface area contributed by atoms with Crippen LogP contribution in [0.3, 0.4) is 0 Å². The molecule has 2 aromatic rings. The van der Waals surface area contributed by atoms with Crippen molar-refractivity contribution in [1.82, 2.24) is 9.97 Å². The molecule has 0 saturated carbocycles. The van der Waals surface area contributed by atoms with Crippen LogP contribution in [-0.2, 0) is 4.79 Å². The monoisotopic (exact) mass is 267 g/mol. The first kappa shape index (κ1) is 13.2. The van der Waals surface area contributed by atoms with Crippen molar-refractivity contribution in [1.29, 1.82) is 0 Å². The predicted molar refractivity (Wildman–Crippen MR) is 63.1 cm³/mol. The molecule has 7 heteroatoms. The standard InChI is InChI=1S/C12H11F2N3O2/c13-6-1-2-8(14)7(3-6)10-5-16-12(17-10)9(15)4-11(18)19/h1-3,5,9H,4,15H2,(H,16,17)(H,18,19). The fourth-order valence-corrected chi connectivity index (χ4v) is 1.65. The summed E-state index contributed by atoms with van der Waals surface area (Å²) >= 11 is 0. The highest BCUT2D eigenvalue weighted by Crippen LogP contribution is 2.23. The smallest absolute Gasteiger partial charge is 0.305 e. The number of halogens is 2. The van der Waals surface area contributed by atoms with Gasteiger partial charge < -0.3 is 15.8 Å². The van der Waals surface area contributed by atoms with Gasteiger partial charge in [-0.15, -0.1) is 0 Å². The van der Waals surface area contributed by atoms with E-state index in [1.165, 1.54) is 6.20 Å². The summed E-state index contributed by atoms with van der Waals surface area (Å²) < 4.78 is 26.6. The minimum atomic E-state index is -1.07. The summed E-state index contributed by atoms with van der Waals surface area (Å²) in [6.07, 6.45) is 0.980. The highest BCUT2D eigenvalue weighted by molar-refractivity contribution is 5.67. The molecule has 0 aliphatic carbocycles. The fourth-order valence-electron chi connectivity index (χ4n) is 1.65. The second-order valence-electron chi connectivity index (χ2n) is 4.01. The molecule has 0 fully saturated rings. The normalized spacial score (nSPS) is 12.4. The van der Waals surface area contributed by atoms with Crippen LogP contribution in [0, 0.1) is 11.6 Å². The molecule has 19 heavy (non-hydrogen) atoms. The predicted octanol–water partition coefficient (Wildman–Crippen LogP) is 1.83. The minimum absolute atomic E-state index is 0.0151. The second kappa shape index (κ2) is 5.15. The first-order valence-electron chi connectivity index (χ1n) is 5.45. The Hall–Kier alpha value is -2.28. The van der Waals surface area contributed by atoms with E-state index in [4.69, 9.17) is 10.8 Å². The number of carbonyl (C=O) groups is 1. The molecule has 0 bridgehead atoms. The molecule has 0 aliphatic heterocycles. The topological polar surface area (TPSA) is 92.0 Å². The number of hydrogen-bond acceptors (Lipinski definition) is 3. The lowest BCUT2D eigenvalue weighted by Gasteiger charge is -2.05. The number of rotatable bonds is 4. The van der Waals surface area contributed by atoms with Gasteiger partial charge in [0.2, 0.25) is 0 Å². The quantitative estimate of drug-likeness (QED) is 0.788. The summed E-state index contributed by atoms with van der Waals surface area (Å²) in [6.45, 7) is 0. The molecule has 1 aromatic heterocycles. The molecule has 0 aliphatic rings. The van der Waals surface area contributed by atoms with Crippen molar-refractivity contribution in [2.24, 2.45) is 5.73 Å². The molecule has 5 nitrogen and oxygen atoms in total. The Kier molecular flexibility index (Phi) is 3.57. The molecule has 2 rings (SSSR count). The molecule has 0 saturated heterocycles. The van der Waals surface area contributed by atoms with Crippen molar-refractivity contribution in [3.8, 4) is 11.3 Å². The van der Waals surface area contributed by atoms with Crippen molar-refractivity contribution in [2.45, 2.75) is 12.5 Å². The van der Waals surface area contributed by atoms with Crippen molar-refractivity contribution in [2.75, 3.05) is 0 Å². The fraction of sp³-hybridized carbons (Fsp3) is 0.167. The highest BCUT2D eigenvalue weighted by Gasteiger charge is 2.16. The number of hydrogen-bond donors (Lipinski definition) is 3. The zero-order valence-corrected chi connectivity index (χ0v) is 9.73. The van der Waals surface area contributed by atoms with E-state index in [1.54, 1.807) is 0 Å². The van der Waals surface area contributed by atoms with E-state index >= 15 is 0 Å². The second-order valence-corrected chi connectivity index (χ2v) is 4.01. The Balaban J connectivity index is 2.30. The molecule has 0 radical (unpaired) electrons. The van der Waals surface area contributed by atoms with Gasteiger partial charge in [0, 0.05) is 5.56 Å². The van der Waals surface area contributed by atoms with Crippen LogP contribution in [0.15, 0.2) is 24.4 Å². The maximum Gasteiger partial charge on any atom is 0.305 e. The van der Waals surface area contributed by atoms with Crippen molar-refractivity contribution in [3.05, 3.63) is 41.9 Å². The minimum Gasteiger partial charge on any atom is -0.481 e. The molecular formula is C12H11F2N3O2. The van der Waals surface area contributed by atoms with Crippen molar-refractivity contribution >= 4 is 5.97 Å². The third-order valence-corrected chi connectivity index (χ3v) is 2.56. The van der Waals surface area contributed by atoms with Gasteiger partial charge in [-0.1, -0.05) is 0 Å². The lowest BCUT2D eigenvalue weighted by atomic mass is 10.1. The van der Waals surface area contributed by atoms with Crippen molar-refractivity contribution in [3.63, 3.8) is 0 Å². The number of aromatic nitrogens is 2. The van der Waals surface area contributed by atoms with Gasteiger partial charge in [-0.05, 0) is 18.2 Å². The molecule has 0 spiro atoms. The summed E-state index contributed by atoms with van der Waals surface area (Å²) in [5, 5.41) is 8.62. The maximum absolute atomic E-state index is 13.5. The number of carboxylic acid groups (broad SMARTS) is 1. The first-order valence-corrected chi connectivity index (χ1v) is 5.45. The van der Waals surface area contributed by atoms with Crippen molar-refractivity contribution < 1.29 is 18.7 Å². The first-order chi connectivity index (χ1) is 8.97. The van der Waals surface area contributed by atoms with E-state index in [0.717, 1.165) is 18.2 Å². The van der Waals surface area contributed by atoms with Gasteiger partial charge in [0.25, 0.3) is 0 Å². The third kappa shape index (κ3) is 2.94. The molecule has 100 valence electrons. The number of carboxylic acids is 1. The van der Waals surface area contributed by atoms with E-state index in [1.807, 2.05) is 0 Å². The molecule has 0 amide bonds. The lowest BCUT2D eigenvalue weighted by molar-refractivity contribution is -0.137. The molecular weight excluding hydrogens is 256 g/mol. The van der Waals surface area contributed by atoms with Crippen LogP contribution in [0.25, 0.3) is 11.3 Å². The van der Waals surface area contributed by atoms with Crippen LogP contribution in [-0.4, -0.2) is 21.0 Å². The number of aromatic amines is 1. The van der Waals surface area contributed by atoms with Gasteiger partial charge >= 0.3 is 5.97 Å². The number of nitrogens with zero attached hydrogens (tertiary/aromatic N) is 1. The Labute approximate surface area is 107 Å². The average molecular weight is 267 g/mol. The number of H-pyrrole nitrogens is 1. The molecule has 4 N–H and O–H groups in total. The Morgan fingerprint density at radius 1 is 1.47 bits per heavy atom. The van der Waals surface area contributed by atoms with Gasteiger partial charge in [-0.25, -0.2) is 13.8 Å². The van der Waals surface area contributed by atoms with E-state index in [9.17, 15) is 13.6 Å². The van der Waals surface area contributed by atoms with E-state index < -0.39 is 23.6 Å². The Bertz CT molecular complexity index is 613. The largest absolute Gasteiger partial charge is 0.481 e. The molecule has 1 unspecified atom stereocenters. The van der Waals surface area contributed by atoms with E-state index in [2.05, 4.69) is 9.97 Å². The number of nitrogens with two attached hydrogens (primary N) is 1. The molecule has 1 atom stereocenters. The maximum atomic E-state index is 13.5. The summed E-state index contributed by atoms with van der Waals surface area (Å²) in [4.78, 5) is 17.1. The van der Waals surface area contributed by atoms with E-state index in [-0.39, 0.29) is 23.5 Å². The zero-order chi connectivity index (χ0) is 14.0. The highest BCUT2D eigenvalue weighted by atomic mass is 19.1. The summed E-state index contributed by atoms with van der Waals surface area (Å²) in [6, 6.07) is 2.20. The molecule has 1 aromatic carbocycles. The number of aliphatic carboxylic acids is 1. The van der Waals surface area contributed by atoms with Gasteiger partial charge in [0.05, 0.1) is 24.4 Å². The number of imidazole rings is 1. The zero-order valence-electron chi connectivity index (χ0n) is 9.73. The van der Waals surface area contributed by atoms with Crippen LogP contribution in [0.5, 0.6) is 0 Å². The van der Waals surface area contributed by atoms with Gasteiger partial charge in [0.1, 0.15) is 17.5 Å². The van der Waals surface area contributed by atoms with Gasteiger partial charge in [-0.2, -0.15) is 0 Å². The summed E-state index contributed by atoms with van der Waals surface area (Å²) in [5.41, 5.74) is 5.87. The van der Waals surface area contributed by atoms with Crippen LogP contribution < -0.4 is 5.73 Å². The molecule has 1 heterocycles. The third-order valence-electron chi connectivity index (χ3n) is 2.56. The van der Waals surface area contributed by atoms with Crippen LogP contribution >= 0.6 is 0 Å².